The monoisotopic (exact) mass is 228 g/mol. The number of Topliss-reactive ketones (excluding diaryl/α,β-unsaturated/α-hetero) is 1. The molecule has 0 bridgehead atoms. The Kier molecular flexibility index (Phi) is 5.13. The lowest BCUT2D eigenvalue weighted by atomic mass is 9.89. The minimum atomic E-state index is -0.631. The highest BCUT2D eigenvalue weighted by molar-refractivity contribution is 6.38. The molecule has 0 radical (unpaired) electrons. The van der Waals surface area contributed by atoms with E-state index in [9.17, 15) is 9.59 Å². The molecule has 0 heterocycles. The van der Waals surface area contributed by atoms with Crippen LogP contribution in [0.4, 0.5) is 0 Å². The van der Waals surface area contributed by atoms with Crippen LogP contribution in [0.1, 0.15) is 47.5 Å². The van der Waals surface area contributed by atoms with Crippen molar-refractivity contribution in [1.29, 1.82) is 0 Å². The van der Waals surface area contributed by atoms with Crippen molar-refractivity contribution in [3.63, 3.8) is 0 Å². The topological polar surface area (TPSA) is 72.2 Å². The van der Waals surface area contributed by atoms with Crippen LogP contribution < -0.4 is 11.1 Å². The summed E-state index contributed by atoms with van der Waals surface area (Å²) in [6.07, 6.45) is 1.60. The van der Waals surface area contributed by atoms with Gasteiger partial charge in [-0.05, 0) is 33.2 Å². The van der Waals surface area contributed by atoms with Gasteiger partial charge in [0.25, 0.3) is 5.91 Å². The number of ketones is 1. The number of hydrogen-bond donors (Lipinski definition) is 2. The van der Waals surface area contributed by atoms with E-state index in [2.05, 4.69) is 5.32 Å². The molecule has 0 saturated heterocycles. The van der Waals surface area contributed by atoms with E-state index in [-0.39, 0.29) is 11.3 Å². The standard InChI is InChI=1S/C12H24N2O2/c1-11(2,3)9(15)10(16)14-12(4,5)7-6-8-13/h6-8,13H2,1-5H3,(H,14,16). The van der Waals surface area contributed by atoms with Crippen LogP contribution in [0.5, 0.6) is 0 Å². The van der Waals surface area contributed by atoms with Gasteiger partial charge in [-0.1, -0.05) is 20.8 Å². The van der Waals surface area contributed by atoms with Gasteiger partial charge in [0, 0.05) is 11.0 Å². The summed E-state index contributed by atoms with van der Waals surface area (Å²) < 4.78 is 0. The second kappa shape index (κ2) is 5.43. The molecule has 16 heavy (non-hydrogen) atoms. The maximum Gasteiger partial charge on any atom is 0.288 e. The Bertz CT molecular complexity index is 265. The molecule has 94 valence electrons. The Morgan fingerprint density at radius 3 is 2.00 bits per heavy atom. The predicted octanol–water partition coefficient (Wildman–Crippen LogP) is 1.24. The van der Waals surface area contributed by atoms with E-state index in [0.717, 1.165) is 12.8 Å². The van der Waals surface area contributed by atoms with Crippen LogP contribution in [0.15, 0.2) is 0 Å². The smallest absolute Gasteiger partial charge is 0.288 e. The van der Waals surface area contributed by atoms with Crippen molar-refractivity contribution in [2.75, 3.05) is 6.54 Å². The van der Waals surface area contributed by atoms with Crippen LogP contribution in [0.3, 0.4) is 0 Å². The number of hydrogen-bond acceptors (Lipinski definition) is 3. The van der Waals surface area contributed by atoms with Crippen molar-refractivity contribution in [2.24, 2.45) is 11.1 Å². The van der Waals surface area contributed by atoms with Crippen LogP contribution in [-0.4, -0.2) is 23.8 Å². The molecule has 4 nitrogen and oxygen atoms in total. The predicted molar refractivity (Wildman–Crippen MR) is 65.0 cm³/mol. The average Bonchev–Trinajstić information content (AvgIpc) is 2.11. The van der Waals surface area contributed by atoms with Gasteiger partial charge in [0.1, 0.15) is 0 Å². The molecule has 1 amide bonds. The van der Waals surface area contributed by atoms with Gasteiger partial charge < -0.3 is 11.1 Å². The first-order valence-electron chi connectivity index (χ1n) is 5.67. The zero-order valence-corrected chi connectivity index (χ0v) is 11.0. The number of nitrogens with one attached hydrogen (secondary N) is 1. The molecule has 3 N–H and O–H groups in total. The largest absolute Gasteiger partial charge is 0.345 e. The lowest BCUT2D eigenvalue weighted by Gasteiger charge is -2.27. The average molecular weight is 228 g/mol. The summed E-state index contributed by atoms with van der Waals surface area (Å²) >= 11 is 0. The van der Waals surface area contributed by atoms with Gasteiger partial charge in [0.05, 0.1) is 0 Å². The van der Waals surface area contributed by atoms with Gasteiger partial charge in [-0.2, -0.15) is 0 Å². The third kappa shape index (κ3) is 5.26. The second-order valence-corrected chi connectivity index (χ2v) is 5.81. The first-order chi connectivity index (χ1) is 7.10. The fraction of sp³-hybridized carbons (Fsp3) is 0.833. The van der Waals surface area contributed by atoms with Crippen molar-refractivity contribution in [2.45, 2.75) is 53.0 Å². The minimum absolute atomic E-state index is 0.378. The summed E-state index contributed by atoms with van der Waals surface area (Å²) in [5, 5.41) is 2.75. The van der Waals surface area contributed by atoms with E-state index < -0.39 is 11.3 Å². The summed E-state index contributed by atoms with van der Waals surface area (Å²) in [5.74, 6) is -0.886. The van der Waals surface area contributed by atoms with Crippen molar-refractivity contribution in [3.8, 4) is 0 Å². The Balaban J connectivity index is 4.39. The van der Waals surface area contributed by atoms with Gasteiger partial charge >= 0.3 is 0 Å². The van der Waals surface area contributed by atoms with Crippen LogP contribution in [0.25, 0.3) is 0 Å². The third-order valence-electron chi connectivity index (χ3n) is 2.35. The van der Waals surface area contributed by atoms with E-state index in [0.29, 0.717) is 6.54 Å². The molecule has 0 aliphatic carbocycles. The fourth-order valence-electron chi connectivity index (χ4n) is 1.31. The van der Waals surface area contributed by atoms with E-state index in [1.807, 2.05) is 13.8 Å². The molecule has 0 fully saturated rings. The molecule has 0 spiro atoms. The maximum absolute atomic E-state index is 11.7. The number of rotatable bonds is 5. The molecule has 0 aromatic heterocycles. The lowest BCUT2D eigenvalue weighted by Crippen LogP contribution is -2.49. The second-order valence-electron chi connectivity index (χ2n) is 5.81. The highest BCUT2D eigenvalue weighted by atomic mass is 16.2. The molecule has 0 unspecified atom stereocenters. The molecular weight excluding hydrogens is 204 g/mol. The number of nitrogens with two attached hydrogens (primary N) is 1. The van der Waals surface area contributed by atoms with Crippen LogP contribution >= 0.6 is 0 Å². The summed E-state index contributed by atoms with van der Waals surface area (Å²) in [4.78, 5) is 23.4. The zero-order chi connectivity index (χ0) is 13.0. The Hall–Kier alpha value is -0.900. The summed E-state index contributed by atoms with van der Waals surface area (Å²) in [5.41, 5.74) is 4.41. The molecule has 0 aliphatic rings. The van der Waals surface area contributed by atoms with E-state index in [1.54, 1.807) is 20.8 Å². The Morgan fingerprint density at radius 2 is 1.62 bits per heavy atom. The molecule has 0 aromatic rings. The normalized spacial score (nSPS) is 12.4. The highest BCUT2D eigenvalue weighted by Gasteiger charge is 2.31. The van der Waals surface area contributed by atoms with Gasteiger partial charge in [0.2, 0.25) is 5.78 Å². The Labute approximate surface area is 98.0 Å². The van der Waals surface area contributed by atoms with E-state index in [4.69, 9.17) is 5.73 Å². The van der Waals surface area contributed by atoms with E-state index in [1.165, 1.54) is 0 Å². The van der Waals surface area contributed by atoms with Gasteiger partial charge in [-0.15, -0.1) is 0 Å². The number of amides is 1. The van der Waals surface area contributed by atoms with Crippen molar-refractivity contribution < 1.29 is 9.59 Å². The van der Waals surface area contributed by atoms with Crippen LogP contribution in [0, 0.1) is 5.41 Å². The third-order valence-corrected chi connectivity index (χ3v) is 2.35. The van der Waals surface area contributed by atoms with E-state index >= 15 is 0 Å². The molecular formula is C12H24N2O2. The maximum atomic E-state index is 11.7. The molecule has 4 heteroatoms. The van der Waals surface area contributed by atoms with Crippen molar-refractivity contribution in [1.82, 2.24) is 5.32 Å². The SMILES string of the molecule is CC(C)(CCCN)NC(=O)C(=O)C(C)(C)C. The van der Waals surface area contributed by atoms with Gasteiger partial charge in [0.15, 0.2) is 0 Å². The highest BCUT2D eigenvalue weighted by Crippen LogP contribution is 2.16. The van der Waals surface area contributed by atoms with Crippen molar-refractivity contribution >= 4 is 11.7 Å². The number of carbonyl (C=O) groups is 2. The molecule has 0 aliphatic heterocycles. The van der Waals surface area contributed by atoms with Crippen molar-refractivity contribution in [3.05, 3.63) is 0 Å². The summed E-state index contributed by atoms with van der Waals surface area (Å²) in [6.45, 7) is 9.60. The molecule has 0 saturated carbocycles. The van der Waals surface area contributed by atoms with Gasteiger partial charge in [-0.3, -0.25) is 9.59 Å². The molecule has 0 aromatic carbocycles. The lowest BCUT2D eigenvalue weighted by molar-refractivity contribution is -0.143. The van der Waals surface area contributed by atoms with Gasteiger partial charge in [-0.25, -0.2) is 0 Å². The first kappa shape index (κ1) is 15.1. The number of carbonyl (C=O) groups excluding carboxylic acids is 2. The van der Waals surface area contributed by atoms with Crippen LogP contribution in [0.2, 0.25) is 0 Å². The fourth-order valence-corrected chi connectivity index (χ4v) is 1.31. The summed E-state index contributed by atoms with van der Waals surface area (Å²) in [6, 6.07) is 0. The quantitative estimate of drug-likeness (QED) is 0.695. The van der Waals surface area contributed by atoms with Crippen LogP contribution in [-0.2, 0) is 9.59 Å². The Morgan fingerprint density at radius 1 is 1.12 bits per heavy atom. The molecule has 0 rings (SSSR count). The first-order valence-corrected chi connectivity index (χ1v) is 5.67. The zero-order valence-electron chi connectivity index (χ0n) is 11.0. The molecule has 0 atom stereocenters. The minimum Gasteiger partial charge on any atom is -0.345 e. The summed E-state index contributed by atoms with van der Waals surface area (Å²) in [7, 11) is 0.